The van der Waals surface area contributed by atoms with Gasteiger partial charge in [0.25, 0.3) is 0 Å². The van der Waals surface area contributed by atoms with Crippen molar-refractivity contribution in [3.8, 4) is 34.0 Å². The average Bonchev–Trinajstić information content (AvgIpc) is 3.46. The molecule has 3 heterocycles. The molecule has 1 aromatic carbocycles. The van der Waals surface area contributed by atoms with Crippen molar-refractivity contribution in [2.45, 2.75) is 25.7 Å². The summed E-state index contributed by atoms with van der Waals surface area (Å²) in [5, 5.41) is 19.1. The molecule has 0 unspecified atom stereocenters. The molecule has 0 radical (unpaired) electrons. The second-order valence-corrected chi connectivity index (χ2v) is 7.09. The summed E-state index contributed by atoms with van der Waals surface area (Å²) in [6, 6.07) is 7.12. The van der Waals surface area contributed by atoms with Crippen molar-refractivity contribution in [1.29, 1.82) is 0 Å². The highest BCUT2D eigenvalue weighted by Crippen LogP contribution is 2.45. The third-order valence-electron chi connectivity index (χ3n) is 5.08. The van der Waals surface area contributed by atoms with Gasteiger partial charge in [-0.15, -0.1) is 0 Å². The number of phenols is 1. The number of ether oxygens (including phenoxy) is 1. The third kappa shape index (κ3) is 2.76. The summed E-state index contributed by atoms with van der Waals surface area (Å²) in [4.78, 5) is 13.7. The number of methoxy groups -OCH3 is 1. The molecule has 1 saturated carbocycles. The van der Waals surface area contributed by atoms with Gasteiger partial charge in [-0.1, -0.05) is 0 Å². The molecule has 28 heavy (non-hydrogen) atoms. The number of aromatic hydroxyl groups is 1. The largest absolute Gasteiger partial charge is 0.507 e. The Morgan fingerprint density at radius 3 is 2.61 bits per heavy atom. The molecule has 0 amide bonds. The molecular weight excluding hydrogens is 354 g/mol. The second-order valence-electron chi connectivity index (χ2n) is 7.09. The van der Waals surface area contributed by atoms with Crippen molar-refractivity contribution in [2.24, 2.45) is 0 Å². The minimum Gasteiger partial charge on any atom is -0.507 e. The third-order valence-corrected chi connectivity index (χ3v) is 5.08. The number of hydrogen-bond acceptors (Lipinski definition) is 6. The van der Waals surface area contributed by atoms with E-state index in [1.165, 1.54) is 0 Å². The van der Waals surface area contributed by atoms with E-state index in [4.69, 9.17) is 9.72 Å². The summed E-state index contributed by atoms with van der Waals surface area (Å²) in [7, 11) is 1.57. The van der Waals surface area contributed by atoms with Crippen LogP contribution in [0.3, 0.4) is 0 Å². The number of fused-ring (bicyclic) bond motifs is 1. The Kier molecular flexibility index (Phi) is 3.75. The maximum absolute atomic E-state index is 10.5. The van der Waals surface area contributed by atoms with Gasteiger partial charge in [0.05, 0.1) is 35.8 Å². The van der Waals surface area contributed by atoms with Gasteiger partial charge in [0.2, 0.25) is 0 Å². The first-order valence-electron chi connectivity index (χ1n) is 9.19. The molecule has 3 aromatic heterocycles. The Morgan fingerprint density at radius 1 is 1.07 bits per heavy atom. The van der Waals surface area contributed by atoms with Crippen LogP contribution in [0.5, 0.6) is 11.5 Å². The molecule has 0 atom stereocenters. The zero-order valence-corrected chi connectivity index (χ0v) is 15.6. The zero-order valence-electron chi connectivity index (χ0n) is 15.6. The van der Waals surface area contributed by atoms with E-state index in [0.717, 1.165) is 40.9 Å². The van der Waals surface area contributed by atoms with Crippen LogP contribution in [0.1, 0.15) is 30.1 Å². The van der Waals surface area contributed by atoms with E-state index >= 15 is 0 Å². The van der Waals surface area contributed by atoms with Crippen molar-refractivity contribution in [3.63, 3.8) is 0 Å². The van der Waals surface area contributed by atoms with Crippen LogP contribution in [0.25, 0.3) is 33.5 Å². The number of benzene rings is 1. The summed E-state index contributed by atoms with van der Waals surface area (Å²) < 4.78 is 5.18. The first-order valence-corrected chi connectivity index (χ1v) is 9.19. The Hall–Kier alpha value is -3.48. The Balaban J connectivity index is 1.75. The van der Waals surface area contributed by atoms with Crippen molar-refractivity contribution in [2.75, 3.05) is 7.11 Å². The topological polar surface area (TPSA) is 96.8 Å². The van der Waals surface area contributed by atoms with Crippen molar-refractivity contribution in [3.05, 3.63) is 48.0 Å². The van der Waals surface area contributed by atoms with Gasteiger partial charge in [-0.05, 0) is 38.0 Å². The predicted octanol–water partition coefficient (Wildman–Crippen LogP) is 3.98. The number of aromatic nitrogens is 5. The van der Waals surface area contributed by atoms with Gasteiger partial charge in [-0.3, -0.25) is 15.1 Å². The van der Waals surface area contributed by atoms with Gasteiger partial charge in [-0.25, -0.2) is 4.98 Å². The van der Waals surface area contributed by atoms with Crippen LogP contribution >= 0.6 is 0 Å². The molecule has 7 heteroatoms. The van der Waals surface area contributed by atoms with Crippen LogP contribution in [-0.4, -0.2) is 37.4 Å². The fourth-order valence-electron chi connectivity index (χ4n) is 3.44. The Bertz CT molecular complexity index is 1180. The molecule has 7 nitrogen and oxygen atoms in total. The molecule has 4 aromatic rings. The van der Waals surface area contributed by atoms with Gasteiger partial charge in [0.15, 0.2) is 5.65 Å². The number of nitrogens with zero attached hydrogens (tertiary/aromatic N) is 4. The number of pyridine rings is 1. The molecule has 5 rings (SSSR count). The maximum Gasteiger partial charge on any atom is 0.182 e. The Morgan fingerprint density at radius 2 is 1.93 bits per heavy atom. The fourth-order valence-corrected chi connectivity index (χ4v) is 3.44. The van der Waals surface area contributed by atoms with Gasteiger partial charge < -0.3 is 9.84 Å². The van der Waals surface area contributed by atoms with E-state index in [-0.39, 0.29) is 5.75 Å². The monoisotopic (exact) mass is 373 g/mol. The predicted molar refractivity (Wildman–Crippen MR) is 105 cm³/mol. The number of aryl methyl sites for hydroxylation is 1. The maximum atomic E-state index is 10.5. The van der Waals surface area contributed by atoms with E-state index in [2.05, 4.69) is 20.2 Å². The smallest absolute Gasteiger partial charge is 0.182 e. The van der Waals surface area contributed by atoms with E-state index in [1.54, 1.807) is 37.7 Å². The molecule has 1 aliphatic rings. The molecule has 0 saturated heterocycles. The number of hydrogen-bond donors (Lipinski definition) is 2. The fraction of sp³-hybridized carbons (Fsp3) is 0.238. The number of H-pyrrole nitrogens is 1. The number of nitrogens with one attached hydrogen (secondary N) is 1. The van der Waals surface area contributed by atoms with E-state index in [0.29, 0.717) is 28.6 Å². The van der Waals surface area contributed by atoms with Gasteiger partial charge in [0.1, 0.15) is 11.5 Å². The normalized spacial score (nSPS) is 13.8. The lowest BCUT2D eigenvalue weighted by Crippen LogP contribution is -1.94. The first-order chi connectivity index (χ1) is 13.6. The SMILES string of the molecule is COc1ccc(-c2cc(-c3cnc(C)cn3)c3c(C4CC4)[nH]nc3n2)c(O)c1. The Labute approximate surface area is 161 Å². The van der Waals surface area contributed by atoms with Crippen LogP contribution in [0.4, 0.5) is 0 Å². The minimum atomic E-state index is 0.102. The van der Waals surface area contributed by atoms with Crippen LogP contribution < -0.4 is 4.74 Å². The number of aromatic amines is 1. The molecule has 140 valence electrons. The van der Waals surface area contributed by atoms with Crippen LogP contribution in [0, 0.1) is 6.92 Å². The summed E-state index contributed by atoms with van der Waals surface area (Å²) in [5.41, 5.74) is 5.49. The van der Waals surface area contributed by atoms with E-state index in [1.807, 2.05) is 13.0 Å². The van der Waals surface area contributed by atoms with Crippen molar-refractivity contribution in [1.82, 2.24) is 25.1 Å². The second kappa shape index (κ2) is 6.30. The summed E-state index contributed by atoms with van der Waals surface area (Å²) in [5.74, 6) is 1.18. The number of rotatable bonds is 4. The van der Waals surface area contributed by atoms with E-state index < -0.39 is 0 Å². The zero-order chi connectivity index (χ0) is 19.3. The van der Waals surface area contributed by atoms with Gasteiger partial charge in [0, 0.05) is 35.0 Å². The molecule has 1 fully saturated rings. The number of phenolic OH excluding ortho intramolecular Hbond substituents is 1. The lowest BCUT2D eigenvalue weighted by Gasteiger charge is -2.10. The van der Waals surface area contributed by atoms with Gasteiger partial charge in [-0.2, -0.15) is 5.10 Å². The van der Waals surface area contributed by atoms with Crippen LogP contribution in [-0.2, 0) is 0 Å². The standard InChI is InChI=1S/C21H19N5O2/c1-11-9-23-17(10-22-11)15-8-16(14-6-5-13(28-2)7-18(14)27)24-21-19(15)20(25-26-21)12-3-4-12/h5-10,12,27H,3-4H2,1-2H3,(H,24,25,26). The lowest BCUT2D eigenvalue weighted by molar-refractivity contribution is 0.408. The highest BCUT2D eigenvalue weighted by atomic mass is 16.5. The highest BCUT2D eigenvalue weighted by molar-refractivity contribution is 5.96. The molecule has 0 spiro atoms. The molecular formula is C21H19N5O2. The van der Waals surface area contributed by atoms with Crippen LogP contribution in [0.15, 0.2) is 36.7 Å². The van der Waals surface area contributed by atoms with Crippen molar-refractivity contribution < 1.29 is 9.84 Å². The summed E-state index contributed by atoms with van der Waals surface area (Å²) >= 11 is 0. The average molecular weight is 373 g/mol. The molecule has 2 N–H and O–H groups in total. The first kappa shape index (κ1) is 16.7. The minimum absolute atomic E-state index is 0.102. The van der Waals surface area contributed by atoms with Gasteiger partial charge >= 0.3 is 0 Å². The van der Waals surface area contributed by atoms with Crippen LogP contribution in [0.2, 0.25) is 0 Å². The molecule has 1 aliphatic carbocycles. The lowest BCUT2D eigenvalue weighted by atomic mass is 10.0. The summed E-state index contributed by atoms with van der Waals surface area (Å²) in [6.07, 6.45) is 5.82. The van der Waals surface area contributed by atoms with E-state index in [9.17, 15) is 5.11 Å². The quantitative estimate of drug-likeness (QED) is 0.562. The molecule has 0 bridgehead atoms. The summed E-state index contributed by atoms with van der Waals surface area (Å²) in [6.45, 7) is 1.91. The molecule has 0 aliphatic heterocycles. The highest BCUT2D eigenvalue weighted by Gasteiger charge is 2.30. The van der Waals surface area contributed by atoms with Crippen molar-refractivity contribution >= 4 is 11.0 Å².